The maximum atomic E-state index is 12.5. The van der Waals surface area contributed by atoms with Crippen molar-refractivity contribution < 1.29 is 19.0 Å². The van der Waals surface area contributed by atoms with Crippen LogP contribution >= 0.6 is 0 Å². The van der Waals surface area contributed by atoms with E-state index in [1.54, 1.807) is 30.3 Å². The van der Waals surface area contributed by atoms with E-state index in [4.69, 9.17) is 14.2 Å². The molecule has 0 atom stereocenters. The summed E-state index contributed by atoms with van der Waals surface area (Å²) in [5.74, 6) is 0.423. The first-order chi connectivity index (χ1) is 15.6. The molecule has 2 rings (SSSR count). The van der Waals surface area contributed by atoms with E-state index in [0.717, 1.165) is 32.1 Å². The van der Waals surface area contributed by atoms with Crippen LogP contribution < -0.4 is 14.2 Å². The summed E-state index contributed by atoms with van der Waals surface area (Å²) in [5.41, 5.74) is 0.387. The Bertz CT molecular complexity index is 956. The second-order valence-electron chi connectivity index (χ2n) is 7.41. The Morgan fingerprint density at radius 2 is 1.34 bits per heavy atom. The number of rotatable bonds is 13. The van der Waals surface area contributed by atoms with E-state index < -0.39 is 5.97 Å². The molecule has 2 aromatic rings. The molecule has 0 aromatic heterocycles. The second-order valence-corrected chi connectivity index (χ2v) is 7.41. The Labute approximate surface area is 190 Å². The van der Waals surface area contributed by atoms with Crippen LogP contribution in [0.4, 0.5) is 0 Å². The van der Waals surface area contributed by atoms with Crippen molar-refractivity contribution in [2.45, 2.75) is 58.8 Å². The van der Waals surface area contributed by atoms with Gasteiger partial charge in [0.05, 0.1) is 18.8 Å². The molecule has 0 amide bonds. The maximum absolute atomic E-state index is 12.5. The molecule has 0 aliphatic carbocycles. The third-order valence-corrected chi connectivity index (χ3v) is 4.92. The van der Waals surface area contributed by atoms with Crippen LogP contribution in [0.15, 0.2) is 36.4 Å². The molecule has 0 unspecified atom stereocenters. The molecule has 0 heterocycles. The molecule has 32 heavy (non-hydrogen) atoms. The number of nitrogens with zero attached hydrogens (tertiary/aromatic N) is 2. The van der Waals surface area contributed by atoms with Crippen LogP contribution in [-0.4, -0.2) is 19.2 Å². The van der Waals surface area contributed by atoms with Gasteiger partial charge in [0.1, 0.15) is 34.8 Å². The van der Waals surface area contributed by atoms with Gasteiger partial charge in [-0.3, -0.25) is 0 Å². The Balaban J connectivity index is 2.05. The summed E-state index contributed by atoms with van der Waals surface area (Å²) < 4.78 is 16.7. The number of hydrogen-bond donors (Lipinski definition) is 0. The lowest BCUT2D eigenvalue weighted by Gasteiger charge is -2.12. The van der Waals surface area contributed by atoms with Crippen molar-refractivity contribution in [3.05, 3.63) is 53.1 Å². The Hall–Kier alpha value is -3.51. The lowest BCUT2D eigenvalue weighted by molar-refractivity contribution is 0.0734. The molecule has 0 N–H and O–H groups in total. The van der Waals surface area contributed by atoms with Crippen LogP contribution in [0, 0.1) is 22.7 Å². The predicted octanol–water partition coefficient (Wildman–Crippen LogP) is 6.18. The molecule has 6 nitrogen and oxygen atoms in total. The first kappa shape index (κ1) is 24.8. The van der Waals surface area contributed by atoms with E-state index in [9.17, 15) is 15.3 Å². The molecule has 0 saturated carbocycles. The number of nitriles is 2. The molecular formula is C26H30N2O4. The number of unbranched alkanes of at least 4 members (excludes halogenated alkanes) is 5. The van der Waals surface area contributed by atoms with Crippen LogP contribution in [-0.2, 0) is 0 Å². The number of carbonyl (C=O) groups excluding carboxylic acids is 1. The summed E-state index contributed by atoms with van der Waals surface area (Å²) in [7, 11) is 0. The van der Waals surface area contributed by atoms with Gasteiger partial charge < -0.3 is 14.2 Å². The summed E-state index contributed by atoms with van der Waals surface area (Å²) in [5, 5.41) is 19.1. The highest BCUT2D eigenvalue weighted by Gasteiger charge is 2.19. The third-order valence-electron chi connectivity index (χ3n) is 4.92. The first-order valence-electron chi connectivity index (χ1n) is 11.2. The van der Waals surface area contributed by atoms with Gasteiger partial charge in [0.25, 0.3) is 0 Å². The fraction of sp³-hybridized carbons (Fsp3) is 0.423. The van der Waals surface area contributed by atoms with Crippen molar-refractivity contribution in [3.8, 4) is 29.4 Å². The lowest BCUT2D eigenvalue weighted by Crippen LogP contribution is -2.10. The van der Waals surface area contributed by atoms with Gasteiger partial charge in [0, 0.05) is 0 Å². The fourth-order valence-electron chi connectivity index (χ4n) is 3.06. The zero-order valence-electron chi connectivity index (χ0n) is 18.9. The van der Waals surface area contributed by atoms with E-state index in [2.05, 4.69) is 13.8 Å². The lowest BCUT2D eigenvalue weighted by atomic mass is 10.1. The van der Waals surface area contributed by atoms with E-state index >= 15 is 0 Å². The molecule has 0 aliphatic rings. The van der Waals surface area contributed by atoms with E-state index in [-0.39, 0.29) is 16.9 Å². The second kappa shape index (κ2) is 13.7. The number of carbonyl (C=O) groups is 1. The number of ether oxygens (including phenoxy) is 3. The van der Waals surface area contributed by atoms with Gasteiger partial charge in [-0.25, -0.2) is 4.79 Å². The molecule has 168 valence electrons. The quantitative estimate of drug-likeness (QED) is 0.212. The number of esters is 1. The SMILES string of the molecule is CCCCCCCOc1ccc(OC(=O)c2ccc(OCCCC)cc2)c(C#N)c1C#N. The Morgan fingerprint density at radius 3 is 2.00 bits per heavy atom. The smallest absolute Gasteiger partial charge is 0.343 e. The average Bonchev–Trinajstić information content (AvgIpc) is 2.82. The van der Waals surface area contributed by atoms with Crippen molar-refractivity contribution in [2.24, 2.45) is 0 Å². The van der Waals surface area contributed by atoms with Gasteiger partial charge in [-0.2, -0.15) is 10.5 Å². The largest absolute Gasteiger partial charge is 0.494 e. The van der Waals surface area contributed by atoms with Crippen LogP contribution in [0.1, 0.15) is 80.3 Å². The van der Waals surface area contributed by atoms with Crippen molar-refractivity contribution in [1.29, 1.82) is 10.5 Å². The standard InChI is InChI=1S/C26H30N2O4/c1-3-5-7-8-9-17-31-24-14-15-25(23(19-28)22(24)18-27)32-26(29)20-10-12-21(13-11-20)30-16-6-4-2/h10-15H,3-9,16-17H2,1-2H3. The van der Waals surface area contributed by atoms with Crippen molar-refractivity contribution in [1.82, 2.24) is 0 Å². The van der Waals surface area contributed by atoms with Crippen LogP contribution in [0.25, 0.3) is 0 Å². The van der Waals surface area contributed by atoms with Gasteiger partial charge in [-0.1, -0.05) is 46.0 Å². The zero-order chi connectivity index (χ0) is 23.2. The Morgan fingerprint density at radius 1 is 0.750 bits per heavy atom. The van der Waals surface area contributed by atoms with Crippen molar-refractivity contribution in [3.63, 3.8) is 0 Å². The van der Waals surface area contributed by atoms with Gasteiger partial charge in [-0.15, -0.1) is 0 Å². The highest BCUT2D eigenvalue weighted by molar-refractivity contribution is 5.91. The average molecular weight is 435 g/mol. The van der Waals surface area contributed by atoms with Crippen molar-refractivity contribution >= 4 is 5.97 Å². The minimum atomic E-state index is -0.616. The summed E-state index contributed by atoms with van der Waals surface area (Å²) >= 11 is 0. The van der Waals surface area contributed by atoms with Gasteiger partial charge in [0.15, 0.2) is 5.75 Å². The van der Waals surface area contributed by atoms with Crippen molar-refractivity contribution in [2.75, 3.05) is 13.2 Å². The summed E-state index contributed by atoms with van der Waals surface area (Å²) in [6.07, 6.45) is 7.44. The van der Waals surface area contributed by atoms with Crippen LogP contribution in [0.5, 0.6) is 17.2 Å². The normalized spacial score (nSPS) is 10.1. The van der Waals surface area contributed by atoms with E-state index in [1.807, 2.05) is 12.1 Å². The maximum Gasteiger partial charge on any atom is 0.343 e. The summed E-state index contributed by atoms with van der Waals surface area (Å²) in [4.78, 5) is 12.5. The van der Waals surface area contributed by atoms with Gasteiger partial charge in [-0.05, 0) is 49.2 Å². The molecule has 0 saturated heterocycles. The van der Waals surface area contributed by atoms with E-state index in [1.165, 1.54) is 18.9 Å². The molecule has 0 spiro atoms. The van der Waals surface area contributed by atoms with Gasteiger partial charge in [0.2, 0.25) is 0 Å². The fourth-order valence-corrected chi connectivity index (χ4v) is 3.06. The monoisotopic (exact) mass is 434 g/mol. The minimum absolute atomic E-state index is 0.0103. The van der Waals surface area contributed by atoms with Crippen LogP contribution in [0.3, 0.4) is 0 Å². The first-order valence-corrected chi connectivity index (χ1v) is 11.2. The number of hydrogen-bond acceptors (Lipinski definition) is 6. The Kier molecular flexibility index (Phi) is 10.6. The zero-order valence-corrected chi connectivity index (χ0v) is 18.9. The van der Waals surface area contributed by atoms with Gasteiger partial charge >= 0.3 is 5.97 Å². The molecular weight excluding hydrogens is 404 g/mol. The highest BCUT2D eigenvalue weighted by Crippen LogP contribution is 2.30. The topological polar surface area (TPSA) is 92.3 Å². The molecule has 0 fully saturated rings. The number of benzene rings is 2. The highest BCUT2D eigenvalue weighted by atomic mass is 16.5. The molecule has 0 bridgehead atoms. The van der Waals surface area contributed by atoms with Crippen LogP contribution in [0.2, 0.25) is 0 Å². The van der Waals surface area contributed by atoms with E-state index in [0.29, 0.717) is 30.3 Å². The third kappa shape index (κ3) is 7.32. The summed E-state index contributed by atoms with van der Waals surface area (Å²) in [6.45, 7) is 5.33. The molecule has 2 aromatic carbocycles. The summed E-state index contributed by atoms with van der Waals surface area (Å²) in [6, 6.07) is 13.7. The molecule has 0 aliphatic heterocycles. The minimum Gasteiger partial charge on any atom is -0.494 e. The predicted molar refractivity (Wildman–Crippen MR) is 122 cm³/mol. The molecule has 0 radical (unpaired) electrons. The molecule has 6 heteroatoms.